The number of hydrogen-bond donors (Lipinski definition) is 1. The van der Waals surface area contributed by atoms with Crippen LogP contribution in [0.4, 0.5) is 5.69 Å². The molecule has 1 aliphatic heterocycles. The normalized spacial score (nSPS) is 16.1. The van der Waals surface area contributed by atoms with Crippen molar-refractivity contribution in [2.45, 2.75) is 27.5 Å². The molecule has 2 aromatic carbocycles. The van der Waals surface area contributed by atoms with Gasteiger partial charge in [-0.05, 0) is 73.9 Å². The van der Waals surface area contributed by atoms with Crippen LogP contribution in [-0.2, 0) is 14.8 Å². The van der Waals surface area contributed by atoms with Crippen molar-refractivity contribution in [1.82, 2.24) is 4.31 Å². The van der Waals surface area contributed by atoms with E-state index in [0.29, 0.717) is 30.8 Å². The first-order valence-electron chi connectivity index (χ1n) is 9.03. The fourth-order valence-electron chi connectivity index (χ4n) is 3.17. The van der Waals surface area contributed by atoms with Gasteiger partial charge in [-0.2, -0.15) is 4.31 Å². The minimum atomic E-state index is -3.51. The molecule has 0 radical (unpaired) electrons. The number of sulfonamides is 1. The lowest BCUT2D eigenvalue weighted by atomic mass is 9.97. The number of benzene rings is 2. The molecule has 1 heterocycles. The molecule has 1 aliphatic rings. The second-order valence-electron chi connectivity index (χ2n) is 6.57. The topological polar surface area (TPSA) is 66.5 Å². The lowest BCUT2D eigenvalue weighted by molar-refractivity contribution is -0.120. The number of thioether (sulfide) groups is 2. The van der Waals surface area contributed by atoms with Crippen LogP contribution in [0.3, 0.4) is 0 Å². The van der Waals surface area contributed by atoms with Crippen LogP contribution in [0.1, 0.15) is 12.8 Å². The number of carbonyl (C=O) groups excluding carboxylic acids is 1. The highest BCUT2D eigenvalue weighted by Crippen LogP contribution is 2.26. The Kier molecular flexibility index (Phi) is 7.09. The predicted octanol–water partition coefficient (Wildman–Crippen LogP) is 4.17. The van der Waals surface area contributed by atoms with Gasteiger partial charge in [0.05, 0.1) is 4.90 Å². The standard InChI is InChI=1S/C20H24N2O3S3/c1-26-17-5-3-16(4-6-17)21-20(23)15-11-13-22(14-12-15)28(24,25)19-9-7-18(27-2)8-10-19/h3-10,15H,11-14H2,1-2H3,(H,21,23). The Labute approximate surface area is 175 Å². The Morgan fingerprint density at radius 2 is 1.43 bits per heavy atom. The van der Waals surface area contributed by atoms with Crippen LogP contribution in [0.5, 0.6) is 0 Å². The smallest absolute Gasteiger partial charge is 0.243 e. The van der Waals surface area contributed by atoms with E-state index in [1.807, 2.05) is 48.9 Å². The Hall–Kier alpha value is -1.48. The van der Waals surface area contributed by atoms with Gasteiger partial charge < -0.3 is 5.32 Å². The number of piperidine rings is 1. The quantitative estimate of drug-likeness (QED) is 0.689. The summed E-state index contributed by atoms with van der Waals surface area (Å²) in [4.78, 5) is 15.0. The summed E-state index contributed by atoms with van der Waals surface area (Å²) in [6.07, 6.45) is 5.01. The van der Waals surface area contributed by atoms with Crippen molar-refractivity contribution >= 4 is 45.1 Å². The molecule has 28 heavy (non-hydrogen) atoms. The van der Waals surface area contributed by atoms with E-state index in [9.17, 15) is 13.2 Å². The lowest BCUT2D eigenvalue weighted by Crippen LogP contribution is -2.41. The van der Waals surface area contributed by atoms with Gasteiger partial charge >= 0.3 is 0 Å². The third-order valence-corrected chi connectivity index (χ3v) is 8.28. The third-order valence-electron chi connectivity index (χ3n) is 4.88. The molecule has 0 aromatic heterocycles. The number of nitrogens with zero attached hydrogens (tertiary/aromatic N) is 1. The minimum absolute atomic E-state index is 0.0433. The molecule has 0 unspecified atom stereocenters. The number of carbonyl (C=O) groups is 1. The highest BCUT2D eigenvalue weighted by molar-refractivity contribution is 7.98. The SMILES string of the molecule is CSc1ccc(NC(=O)C2CCN(S(=O)(=O)c3ccc(SC)cc3)CC2)cc1. The Morgan fingerprint density at radius 3 is 1.93 bits per heavy atom. The zero-order valence-electron chi connectivity index (χ0n) is 15.9. The molecule has 8 heteroatoms. The van der Waals surface area contributed by atoms with E-state index in [1.165, 1.54) is 4.31 Å². The highest BCUT2D eigenvalue weighted by Gasteiger charge is 2.32. The second kappa shape index (κ2) is 9.35. The summed E-state index contributed by atoms with van der Waals surface area (Å²) in [5.41, 5.74) is 0.770. The molecule has 1 N–H and O–H groups in total. The Bertz CT molecular complexity index is 905. The van der Waals surface area contributed by atoms with Gasteiger partial charge in [0.25, 0.3) is 0 Å². The first-order valence-corrected chi connectivity index (χ1v) is 12.9. The number of nitrogens with one attached hydrogen (secondary N) is 1. The summed E-state index contributed by atoms with van der Waals surface area (Å²) in [6.45, 7) is 0.715. The third kappa shape index (κ3) is 4.92. The lowest BCUT2D eigenvalue weighted by Gasteiger charge is -2.30. The number of anilines is 1. The summed E-state index contributed by atoms with van der Waals surface area (Å²) >= 11 is 3.23. The number of amides is 1. The van der Waals surface area contributed by atoms with E-state index in [0.717, 1.165) is 15.5 Å². The van der Waals surface area contributed by atoms with Crippen molar-refractivity contribution in [3.05, 3.63) is 48.5 Å². The second-order valence-corrected chi connectivity index (χ2v) is 10.3. The fraction of sp³-hybridized carbons (Fsp3) is 0.350. The number of hydrogen-bond acceptors (Lipinski definition) is 5. The van der Waals surface area contributed by atoms with Gasteiger partial charge in [0.2, 0.25) is 15.9 Å². The van der Waals surface area contributed by atoms with Crippen LogP contribution in [-0.4, -0.2) is 44.2 Å². The van der Waals surface area contributed by atoms with E-state index in [-0.39, 0.29) is 11.8 Å². The predicted molar refractivity (Wildman–Crippen MR) is 117 cm³/mol. The van der Waals surface area contributed by atoms with Crippen LogP contribution in [0.15, 0.2) is 63.2 Å². The summed E-state index contributed by atoms with van der Waals surface area (Å²) in [5, 5.41) is 2.94. The van der Waals surface area contributed by atoms with Gasteiger partial charge in [0.15, 0.2) is 0 Å². The fourth-order valence-corrected chi connectivity index (χ4v) is 5.46. The van der Waals surface area contributed by atoms with Crippen LogP contribution in [0, 0.1) is 5.92 Å². The molecule has 0 saturated carbocycles. The van der Waals surface area contributed by atoms with Gasteiger partial charge in [-0.1, -0.05) is 0 Å². The van der Waals surface area contributed by atoms with Gasteiger partial charge in [-0.15, -0.1) is 23.5 Å². The molecule has 0 atom stereocenters. The van der Waals surface area contributed by atoms with E-state index in [2.05, 4.69) is 5.32 Å². The summed E-state index contributed by atoms with van der Waals surface area (Å²) < 4.78 is 27.1. The molecule has 150 valence electrons. The van der Waals surface area contributed by atoms with Gasteiger partial charge in [-0.3, -0.25) is 4.79 Å². The first-order chi connectivity index (χ1) is 13.4. The van der Waals surface area contributed by atoms with Crippen molar-refractivity contribution in [2.24, 2.45) is 5.92 Å². The maximum Gasteiger partial charge on any atom is 0.243 e. The van der Waals surface area contributed by atoms with Gasteiger partial charge in [0, 0.05) is 34.5 Å². The molecule has 3 rings (SSSR count). The van der Waals surface area contributed by atoms with E-state index < -0.39 is 10.0 Å². The molecule has 2 aromatic rings. The van der Waals surface area contributed by atoms with E-state index in [4.69, 9.17) is 0 Å². The monoisotopic (exact) mass is 436 g/mol. The molecule has 1 saturated heterocycles. The van der Waals surface area contributed by atoms with E-state index in [1.54, 1.807) is 35.7 Å². The molecular weight excluding hydrogens is 412 g/mol. The Morgan fingerprint density at radius 1 is 0.929 bits per heavy atom. The molecule has 1 fully saturated rings. The highest BCUT2D eigenvalue weighted by atomic mass is 32.2. The van der Waals surface area contributed by atoms with E-state index >= 15 is 0 Å². The Balaban J connectivity index is 1.58. The molecular formula is C20H24N2O3S3. The van der Waals surface area contributed by atoms with Crippen molar-refractivity contribution in [1.29, 1.82) is 0 Å². The first kappa shape index (κ1) is 21.2. The van der Waals surface area contributed by atoms with Crippen LogP contribution in [0.2, 0.25) is 0 Å². The van der Waals surface area contributed by atoms with Crippen LogP contribution < -0.4 is 5.32 Å². The maximum absolute atomic E-state index is 12.8. The summed E-state index contributed by atoms with van der Waals surface area (Å²) in [7, 11) is -3.51. The average Bonchev–Trinajstić information content (AvgIpc) is 2.74. The van der Waals surface area contributed by atoms with Crippen molar-refractivity contribution in [3.8, 4) is 0 Å². The molecule has 1 amide bonds. The van der Waals surface area contributed by atoms with Crippen molar-refractivity contribution < 1.29 is 13.2 Å². The van der Waals surface area contributed by atoms with Gasteiger partial charge in [0.1, 0.15) is 0 Å². The number of rotatable bonds is 6. The van der Waals surface area contributed by atoms with Crippen LogP contribution in [0.25, 0.3) is 0 Å². The summed E-state index contributed by atoms with van der Waals surface area (Å²) in [6, 6.07) is 14.7. The molecule has 0 aliphatic carbocycles. The zero-order valence-corrected chi connectivity index (χ0v) is 18.4. The van der Waals surface area contributed by atoms with Gasteiger partial charge in [-0.25, -0.2) is 8.42 Å². The van der Waals surface area contributed by atoms with Crippen molar-refractivity contribution in [2.75, 3.05) is 30.9 Å². The minimum Gasteiger partial charge on any atom is -0.326 e. The average molecular weight is 437 g/mol. The zero-order chi connectivity index (χ0) is 20.1. The molecule has 0 bridgehead atoms. The summed E-state index contributed by atoms with van der Waals surface area (Å²) in [5.74, 6) is -0.219. The molecule has 0 spiro atoms. The molecule has 5 nitrogen and oxygen atoms in total. The van der Waals surface area contributed by atoms with Crippen molar-refractivity contribution in [3.63, 3.8) is 0 Å². The van der Waals surface area contributed by atoms with Crippen LogP contribution >= 0.6 is 23.5 Å². The largest absolute Gasteiger partial charge is 0.326 e. The maximum atomic E-state index is 12.8.